The van der Waals surface area contributed by atoms with E-state index in [1.54, 1.807) is 0 Å². The van der Waals surface area contributed by atoms with Gasteiger partial charge in [-0.2, -0.15) is 0 Å². The fourth-order valence-corrected chi connectivity index (χ4v) is 0.951. The molecule has 11 heavy (non-hydrogen) atoms. The van der Waals surface area contributed by atoms with E-state index in [1.165, 1.54) is 11.1 Å². The summed E-state index contributed by atoms with van der Waals surface area (Å²) in [6.07, 6.45) is 5.45. The van der Waals surface area contributed by atoms with Crippen LogP contribution < -0.4 is 0 Å². The first-order chi connectivity index (χ1) is 5.07. The van der Waals surface area contributed by atoms with E-state index < -0.39 is 0 Å². The van der Waals surface area contributed by atoms with Crippen molar-refractivity contribution in [2.75, 3.05) is 0 Å². The molecule has 0 heterocycles. The summed E-state index contributed by atoms with van der Waals surface area (Å²) >= 11 is 0. The van der Waals surface area contributed by atoms with Crippen LogP contribution in [-0.4, -0.2) is 0 Å². The molecule has 0 aliphatic carbocycles. The fourth-order valence-electron chi connectivity index (χ4n) is 0.951. The zero-order valence-corrected chi connectivity index (χ0v) is 8.07. The normalized spacial score (nSPS) is 13.5. The van der Waals surface area contributed by atoms with Crippen molar-refractivity contribution >= 4 is 0 Å². The highest BCUT2D eigenvalue weighted by Crippen LogP contribution is 2.10. The quantitative estimate of drug-likeness (QED) is 0.536. The lowest BCUT2D eigenvalue weighted by Gasteiger charge is -2.00. The van der Waals surface area contributed by atoms with Crippen LogP contribution in [0.1, 0.15) is 34.1 Å². The smallest absolute Gasteiger partial charge is 0.0373 e. The summed E-state index contributed by atoms with van der Waals surface area (Å²) in [5.41, 5.74) is 3.79. The maximum Gasteiger partial charge on any atom is -0.0373 e. The van der Waals surface area contributed by atoms with Crippen LogP contribution in [0.4, 0.5) is 0 Å². The Labute approximate surface area is 70.3 Å². The molecule has 0 radical (unpaired) electrons. The molecule has 0 aromatic carbocycles. The fraction of sp³-hybridized carbons (Fsp3) is 0.455. The maximum atomic E-state index is 3.83. The van der Waals surface area contributed by atoms with Crippen molar-refractivity contribution in [2.24, 2.45) is 0 Å². The third kappa shape index (κ3) is 4.60. The van der Waals surface area contributed by atoms with Gasteiger partial charge in [-0.15, -0.1) is 0 Å². The predicted octanol–water partition coefficient (Wildman–Crippen LogP) is 3.87. The first-order valence-corrected chi connectivity index (χ1v) is 4.08. The topological polar surface area (TPSA) is 0 Å². The van der Waals surface area contributed by atoms with Gasteiger partial charge in [0.15, 0.2) is 0 Å². The molecule has 0 amide bonds. The second-order valence-electron chi connectivity index (χ2n) is 2.97. The van der Waals surface area contributed by atoms with E-state index in [1.807, 2.05) is 6.92 Å². The molecule has 0 aromatic heterocycles. The van der Waals surface area contributed by atoms with Gasteiger partial charge in [-0.1, -0.05) is 36.8 Å². The van der Waals surface area contributed by atoms with Crippen molar-refractivity contribution in [1.29, 1.82) is 0 Å². The van der Waals surface area contributed by atoms with Crippen LogP contribution in [0.3, 0.4) is 0 Å². The Morgan fingerprint density at radius 3 is 2.09 bits per heavy atom. The van der Waals surface area contributed by atoms with E-state index in [0.29, 0.717) is 0 Å². The van der Waals surface area contributed by atoms with Crippen LogP contribution in [0, 0.1) is 0 Å². The number of rotatable bonds is 3. The molecule has 62 valence electrons. The molecule has 0 fully saturated rings. The summed E-state index contributed by atoms with van der Waals surface area (Å²) in [5, 5.41) is 0. The van der Waals surface area contributed by atoms with Crippen LogP contribution in [0.15, 0.2) is 35.5 Å². The van der Waals surface area contributed by atoms with E-state index in [4.69, 9.17) is 0 Å². The molecule has 0 rings (SSSR count). The number of hydrogen-bond donors (Lipinski definition) is 0. The summed E-state index contributed by atoms with van der Waals surface area (Å²) in [6, 6.07) is 0. The molecule has 0 unspecified atom stereocenters. The average molecular weight is 150 g/mol. The Bertz CT molecular complexity index is 192. The molecule has 0 nitrogen and oxygen atoms in total. The van der Waals surface area contributed by atoms with E-state index >= 15 is 0 Å². The first-order valence-electron chi connectivity index (χ1n) is 4.08. The largest absolute Gasteiger partial charge is 0.0961 e. The Hall–Kier alpha value is -0.780. The van der Waals surface area contributed by atoms with Crippen molar-refractivity contribution in [2.45, 2.75) is 34.1 Å². The number of hydrogen-bond acceptors (Lipinski definition) is 0. The Morgan fingerprint density at radius 1 is 1.18 bits per heavy atom. The van der Waals surface area contributed by atoms with Gasteiger partial charge < -0.3 is 0 Å². The van der Waals surface area contributed by atoms with Gasteiger partial charge in [-0.3, -0.25) is 0 Å². The zero-order chi connectivity index (χ0) is 8.85. The van der Waals surface area contributed by atoms with Gasteiger partial charge in [-0.05, 0) is 32.8 Å². The van der Waals surface area contributed by atoms with Gasteiger partial charge in [-0.25, -0.2) is 0 Å². The Balaban J connectivity index is 4.35. The minimum absolute atomic E-state index is 1.10. The van der Waals surface area contributed by atoms with Crippen LogP contribution in [0.5, 0.6) is 0 Å². The highest BCUT2D eigenvalue weighted by atomic mass is 14.0. The maximum absolute atomic E-state index is 3.83. The Kier molecular flexibility index (Phi) is 4.60. The highest BCUT2D eigenvalue weighted by molar-refractivity contribution is 5.32. The molecule has 0 aliphatic heterocycles. The Morgan fingerprint density at radius 2 is 1.73 bits per heavy atom. The van der Waals surface area contributed by atoms with Crippen LogP contribution in [0.25, 0.3) is 0 Å². The second kappa shape index (κ2) is 4.95. The molecule has 0 N–H and O–H groups in total. The molecule has 0 aromatic rings. The molecule has 0 aliphatic rings. The summed E-state index contributed by atoms with van der Waals surface area (Å²) in [5.74, 6) is 0. The first kappa shape index (κ1) is 10.2. The van der Waals surface area contributed by atoms with Gasteiger partial charge in [0.25, 0.3) is 0 Å². The van der Waals surface area contributed by atoms with E-state index in [-0.39, 0.29) is 0 Å². The molecule has 0 bridgehead atoms. The molecular weight excluding hydrogens is 132 g/mol. The van der Waals surface area contributed by atoms with Gasteiger partial charge in [0.1, 0.15) is 0 Å². The molecule has 0 atom stereocenters. The average Bonchev–Trinajstić information content (AvgIpc) is 1.86. The third-order valence-electron chi connectivity index (χ3n) is 1.60. The van der Waals surface area contributed by atoms with Gasteiger partial charge in [0.05, 0.1) is 0 Å². The van der Waals surface area contributed by atoms with Crippen molar-refractivity contribution in [1.82, 2.24) is 0 Å². The predicted molar refractivity (Wildman–Crippen MR) is 52.6 cm³/mol. The summed E-state index contributed by atoms with van der Waals surface area (Å²) in [4.78, 5) is 0. The van der Waals surface area contributed by atoms with Gasteiger partial charge in [0, 0.05) is 0 Å². The standard InChI is InChI=1S/C11H18/c1-6-7-10(4)11(5)8-9(2)3/h7-8H,2,6H2,1,3-5H3/b10-7-,11-8-. The summed E-state index contributed by atoms with van der Waals surface area (Å²) in [7, 11) is 0. The molecule has 0 saturated carbocycles. The molecule has 0 saturated heterocycles. The van der Waals surface area contributed by atoms with Gasteiger partial charge >= 0.3 is 0 Å². The molecule has 0 heteroatoms. The van der Waals surface area contributed by atoms with Crippen LogP contribution in [0.2, 0.25) is 0 Å². The summed E-state index contributed by atoms with van der Waals surface area (Å²) in [6.45, 7) is 12.3. The highest BCUT2D eigenvalue weighted by Gasteiger charge is 1.90. The third-order valence-corrected chi connectivity index (χ3v) is 1.60. The lowest BCUT2D eigenvalue weighted by atomic mass is 10.1. The molecular formula is C11H18. The lowest BCUT2D eigenvalue weighted by Crippen LogP contribution is -1.79. The monoisotopic (exact) mass is 150 g/mol. The van der Waals surface area contributed by atoms with Crippen molar-refractivity contribution in [3.05, 3.63) is 35.5 Å². The van der Waals surface area contributed by atoms with Crippen molar-refractivity contribution in [3.63, 3.8) is 0 Å². The minimum Gasteiger partial charge on any atom is -0.0961 e. The zero-order valence-electron chi connectivity index (χ0n) is 8.07. The van der Waals surface area contributed by atoms with Crippen molar-refractivity contribution in [3.8, 4) is 0 Å². The second-order valence-corrected chi connectivity index (χ2v) is 2.97. The number of allylic oxidation sites excluding steroid dienone is 5. The lowest BCUT2D eigenvalue weighted by molar-refractivity contribution is 1.17. The van der Waals surface area contributed by atoms with Crippen molar-refractivity contribution < 1.29 is 0 Å². The van der Waals surface area contributed by atoms with Gasteiger partial charge in [0.2, 0.25) is 0 Å². The minimum atomic E-state index is 1.10. The van der Waals surface area contributed by atoms with E-state index in [2.05, 4.69) is 39.5 Å². The SMILES string of the molecule is C=C(C)/C=C(C)\C(C)=C/CC. The van der Waals surface area contributed by atoms with E-state index in [0.717, 1.165) is 12.0 Å². The van der Waals surface area contributed by atoms with E-state index in [9.17, 15) is 0 Å². The van der Waals surface area contributed by atoms with Crippen LogP contribution in [-0.2, 0) is 0 Å². The molecule has 0 spiro atoms. The van der Waals surface area contributed by atoms with Crippen LogP contribution >= 0.6 is 0 Å². The summed E-state index contributed by atoms with van der Waals surface area (Å²) < 4.78 is 0.